The molecule has 2 amide bonds. The van der Waals surface area contributed by atoms with Crippen molar-refractivity contribution in [2.45, 2.75) is 58.6 Å². The van der Waals surface area contributed by atoms with Crippen molar-refractivity contribution in [1.82, 2.24) is 5.32 Å². The van der Waals surface area contributed by atoms with Crippen LogP contribution in [0, 0.1) is 0 Å². The van der Waals surface area contributed by atoms with E-state index in [2.05, 4.69) is 16.7 Å². The lowest BCUT2D eigenvalue weighted by atomic mass is 10.1. The second-order valence-corrected chi connectivity index (χ2v) is 6.69. The number of rotatable bonds is 3. The molecule has 0 spiro atoms. The van der Waals surface area contributed by atoms with Crippen molar-refractivity contribution in [3.05, 3.63) is 29.3 Å². The number of carbonyl (C=O) groups excluding carboxylic acids is 2. The average molecular weight is 304 g/mol. The van der Waals surface area contributed by atoms with Crippen LogP contribution in [-0.2, 0) is 22.4 Å². The second-order valence-electron chi connectivity index (χ2n) is 6.69. The van der Waals surface area contributed by atoms with Crippen molar-refractivity contribution in [2.24, 2.45) is 0 Å². The smallest absolute Gasteiger partial charge is 0.408 e. The van der Waals surface area contributed by atoms with Gasteiger partial charge in [-0.25, -0.2) is 4.79 Å². The molecule has 1 aromatic rings. The van der Waals surface area contributed by atoms with E-state index < -0.39 is 17.7 Å². The van der Waals surface area contributed by atoms with Crippen molar-refractivity contribution < 1.29 is 14.3 Å². The Labute approximate surface area is 131 Å². The van der Waals surface area contributed by atoms with Gasteiger partial charge in [-0.2, -0.15) is 0 Å². The van der Waals surface area contributed by atoms with Crippen molar-refractivity contribution in [2.75, 3.05) is 5.32 Å². The molecule has 5 nitrogen and oxygen atoms in total. The van der Waals surface area contributed by atoms with E-state index in [0.717, 1.165) is 18.5 Å². The van der Waals surface area contributed by atoms with Crippen LogP contribution in [0.5, 0.6) is 0 Å². The third-order valence-electron chi connectivity index (χ3n) is 3.49. The fraction of sp³-hybridized carbons (Fsp3) is 0.529. The first kappa shape index (κ1) is 16.3. The molecule has 0 radical (unpaired) electrons. The zero-order valence-electron chi connectivity index (χ0n) is 13.7. The van der Waals surface area contributed by atoms with Gasteiger partial charge < -0.3 is 15.4 Å². The first-order valence-corrected chi connectivity index (χ1v) is 7.67. The van der Waals surface area contributed by atoms with Crippen LogP contribution >= 0.6 is 0 Å². The van der Waals surface area contributed by atoms with Gasteiger partial charge in [-0.3, -0.25) is 4.79 Å². The van der Waals surface area contributed by atoms with Gasteiger partial charge in [0, 0.05) is 5.69 Å². The number of alkyl carbamates (subject to hydrolysis) is 1. The van der Waals surface area contributed by atoms with E-state index in [9.17, 15) is 9.59 Å². The molecule has 0 fully saturated rings. The monoisotopic (exact) mass is 304 g/mol. The van der Waals surface area contributed by atoms with E-state index in [-0.39, 0.29) is 5.91 Å². The third-order valence-corrected chi connectivity index (χ3v) is 3.49. The van der Waals surface area contributed by atoms with Gasteiger partial charge in [-0.1, -0.05) is 6.07 Å². The van der Waals surface area contributed by atoms with Crippen LogP contribution in [0.4, 0.5) is 10.5 Å². The number of anilines is 1. The number of aryl methyl sites for hydroxylation is 2. The molecule has 22 heavy (non-hydrogen) atoms. The Bertz CT molecular complexity index is 576. The van der Waals surface area contributed by atoms with Crippen LogP contribution in [-0.4, -0.2) is 23.6 Å². The minimum atomic E-state index is -0.664. The van der Waals surface area contributed by atoms with Crippen molar-refractivity contribution in [3.8, 4) is 0 Å². The fourth-order valence-corrected chi connectivity index (χ4v) is 2.45. The molecule has 0 unspecified atom stereocenters. The van der Waals surface area contributed by atoms with Gasteiger partial charge in [-0.15, -0.1) is 0 Å². The van der Waals surface area contributed by atoms with E-state index in [4.69, 9.17) is 4.74 Å². The lowest BCUT2D eigenvalue weighted by Gasteiger charge is -2.21. The Hall–Kier alpha value is -2.04. The number of fused-ring (bicyclic) bond motifs is 1. The highest BCUT2D eigenvalue weighted by Crippen LogP contribution is 2.24. The summed E-state index contributed by atoms with van der Waals surface area (Å²) in [5.74, 6) is -0.260. The SMILES string of the molecule is C[C@@H](NC(=O)OC(C)(C)C)C(=O)Nc1ccc2c(c1)CCC2. The third kappa shape index (κ3) is 4.48. The molecule has 120 valence electrons. The van der Waals surface area contributed by atoms with Crippen LogP contribution in [0.2, 0.25) is 0 Å². The number of ether oxygens (including phenoxy) is 1. The Morgan fingerprint density at radius 1 is 1.18 bits per heavy atom. The highest BCUT2D eigenvalue weighted by atomic mass is 16.6. The molecule has 1 aromatic carbocycles. The first-order chi connectivity index (χ1) is 10.2. The molecule has 0 aromatic heterocycles. The highest BCUT2D eigenvalue weighted by molar-refractivity contribution is 5.96. The fourth-order valence-electron chi connectivity index (χ4n) is 2.45. The van der Waals surface area contributed by atoms with Gasteiger partial charge in [0.05, 0.1) is 0 Å². The van der Waals surface area contributed by atoms with Gasteiger partial charge in [-0.05, 0) is 70.2 Å². The van der Waals surface area contributed by atoms with Crippen molar-refractivity contribution >= 4 is 17.7 Å². The predicted molar refractivity (Wildman–Crippen MR) is 85.9 cm³/mol. The van der Waals surface area contributed by atoms with E-state index in [1.807, 2.05) is 12.1 Å². The number of amides is 2. The Morgan fingerprint density at radius 2 is 1.86 bits per heavy atom. The van der Waals surface area contributed by atoms with Crippen LogP contribution in [0.15, 0.2) is 18.2 Å². The van der Waals surface area contributed by atoms with E-state index in [1.54, 1.807) is 27.7 Å². The summed E-state index contributed by atoms with van der Waals surface area (Å²) in [6.45, 7) is 6.97. The number of hydrogen-bond donors (Lipinski definition) is 2. The number of nitrogens with one attached hydrogen (secondary N) is 2. The van der Waals surface area contributed by atoms with E-state index in [0.29, 0.717) is 0 Å². The molecule has 1 aliphatic rings. The summed E-state index contributed by atoms with van der Waals surface area (Å²) in [6, 6.07) is 5.31. The van der Waals surface area contributed by atoms with E-state index in [1.165, 1.54) is 17.5 Å². The molecule has 5 heteroatoms. The summed E-state index contributed by atoms with van der Waals surface area (Å²) in [4.78, 5) is 23.8. The molecule has 0 heterocycles. The van der Waals surface area contributed by atoms with E-state index >= 15 is 0 Å². The minimum Gasteiger partial charge on any atom is -0.444 e. The zero-order chi connectivity index (χ0) is 16.3. The summed E-state index contributed by atoms with van der Waals surface area (Å²) in [7, 11) is 0. The maximum absolute atomic E-state index is 12.1. The molecule has 0 saturated heterocycles. The van der Waals surface area contributed by atoms with Gasteiger partial charge >= 0.3 is 6.09 Å². The first-order valence-electron chi connectivity index (χ1n) is 7.67. The van der Waals surface area contributed by atoms with Gasteiger partial charge in [0.25, 0.3) is 0 Å². The van der Waals surface area contributed by atoms with Gasteiger partial charge in [0.1, 0.15) is 11.6 Å². The number of benzene rings is 1. The molecule has 2 N–H and O–H groups in total. The molecule has 1 atom stereocenters. The predicted octanol–water partition coefficient (Wildman–Crippen LogP) is 3.03. The molecule has 2 rings (SSSR count). The summed E-state index contributed by atoms with van der Waals surface area (Å²) in [5.41, 5.74) is 2.84. The number of carbonyl (C=O) groups is 2. The minimum absolute atomic E-state index is 0.260. The lowest BCUT2D eigenvalue weighted by Crippen LogP contribution is -2.43. The van der Waals surface area contributed by atoms with Crippen molar-refractivity contribution in [1.29, 1.82) is 0 Å². The van der Waals surface area contributed by atoms with Crippen LogP contribution in [0.1, 0.15) is 45.2 Å². The summed E-state index contributed by atoms with van der Waals surface area (Å²) in [5, 5.41) is 5.37. The Kier molecular flexibility index (Phi) is 4.74. The Morgan fingerprint density at radius 3 is 2.55 bits per heavy atom. The maximum Gasteiger partial charge on any atom is 0.408 e. The molecular weight excluding hydrogens is 280 g/mol. The van der Waals surface area contributed by atoms with Gasteiger partial charge in [0.15, 0.2) is 0 Å². The average Bonchev–Trinajstić information content (AvgIpc) is 2.83. The van der Waals surface area contributed by atoms with Crippen molar-refractivity contribution in [3.63, 3.8) is 0 Å². The Balaban J connectivity index is 1.90. The number of hydrogen-bond acceptors (Lipinski definition) is 3. The van der Waals surface area contributed by atoms with Crippen LogP contribution < -0.4 is 10.6 Å². The molecule has 0 bridgehead atoms. The topological polar surface area (TPSA) is 67.4 Å². The normalized spacial score (nSPS) is 14.9. The summed E-state index contributed by atoms with van der Waals surface area (Å²) < 4.78 is 5.14. The molecule has 0 aliphatic heterocycles. The second kappa shape index (κ2) is 6.38. The lowest BCUT2D eigenvalue weighted by molar-refractivity contribution is -0.117. The largest absolute Gasteiger partial charge is 0.444 e. The van der Waals surface area contributed by atoms with Crippen LogP contribution in [0.25, 0.3) is 0 Å². The summed E-state index contributed by atoms with van der Waals surface area (Å²) >= 11 is 0. The highest BCUT2D eigenvalue weighted by Gasteiger charge is 2.21. The molecule has 0 saturated carbocycles. The maximum atomic E-state index is 12.1. The van der Waals surface area contributed by atoms with Crippen LogP contribution in [0.3, 0.4) is 0 Å². The summed E-state index contributed by atoms with van der Waals surface area (Å²) in [6.07, 6.45) is 2.75. The zero-order valence-corrected chi connectivity index (χ0v) is 13.7. The molecular formula is C17H24N2O3. The molecule has 1 aliphatic carbocycles. The van der Waals surface area contributed by atoms with Gasteiger partial charge in [0.2, 0.25) is 5.91 Å². The quantitative estimate of drug-likeness (QED) is 0.902. The standard InChI is InChI=1S/C17H24N2O3/c1-11(18-16(21)22-17(2,3)4)15(20)19-14-9-8-12-6-5-7-13(12)10-14/h8-11H,5-7H2,1-4H3,(H,18,21)(H,19,20)/t11-/m1/s1.